The first-order valence-electron chi connectivity index (χ1n) is 7.18. The van der Waals surface area contributed by atoms with Crippen LogP contribution in [0.1, 0.15) is 6.92 Å². The number of thioether (sulfide) groups is 1. The van der Waals surface area contributed by atoms with Crippen molar-refractivity contribution >= 4 is 40.7 Å². The standard InChI is InChI=1S/C15H18ClN5O2S/c1-4-20(15(22)12(10-24-3)19-23-2)13-9-21(18-14(13)16)11-6-5-7-17-8-11/h5-9H,4,10H2,1-3H3. The fourth-order valence-corrected chi connectivity index (χ4v) is 2.78. The number of halogens is 1. The van der Waals surface area contributed by atoms with Gasteiger partial charge in [0.1, 0.15) is 12.8 Å². The first-order valence-corrected chi connectivity index (χ1v) is 8.95. The van der Waals surface area contributed by atoms with Gasteiger partial charge in [0.25, 0.3) is 5.91 Å². The minimum atomic E-state index is -0.263. The normalized spacial score (nSPS) is 11.4. The minimum Gasteiger partial charge on any atom is -0.399 e. The summed E-state index contributed by atoms with van der Waals surface area (Å²) in [4.78, 5) is 23.1. The van der Waals surface area contributed by atoms with Crippen molar-refractivity contribution < 1.29 is 9.63 Å². The summed E-state index contributed by atoms with van der Waals surface area (Å²) < 4.78 is 1.59. The molecule has 2 aromatic heterocycles. The molecule has 0 aromatic carbocycles. The molecular weight excluding hydrogens is 350 g/mol. The molecule has 0 fully saturated rings. The predicted molar refractivity (Wildman–Crippen MR) is 97.2 cm³/mol. The highest BCUT2D eigenvalue weighted by Gasteiger charge is 2.24. The number of aromatic nitrogens is 3. The maximum atomic E-state index is 12.7. The quantitative estimate of drug-likeness (QED) is 0.555. The average molecular weight is 368 g/mol. The van der Waals surface area contributed by atoms with E-state index in [0.717, 1.165) is 5.69 Å². The van der Waals surface area contributed by atoms with E-state index in [-0.39, 0.29) is 11.1 Å². The van der Waals surface area contributed by atoms with Crippen molar-refractivity contribution in [3.63, 3.8) is 0 Å². The van der Waals surface area contributed by atoms with E-state index in [0.29, 0.717) is 23.7 Å². The van der Waals surface area contributed by atoms with Crippen LogP contribution in [0.15, 0.2) is 35.9 Å². The fourth-order valence-electron chi connectivity index (χ4n) is 2.10. The molecule has 0 radical (unpaired) electrons. The summed E-state index contributed by atoms with van der Waals surface area (Å²) >= 11 is 7.74. The molecule has 0 aliphatic heterocycles. The SMILES string of the molecule is CCN(C(=O)C(CSC)=NOC)c1cn(-c2cccnc2)nc1Cl. The van der Waals surface area contributed by atoms with E-state index < -0.39 is 0 Å². The number of oxime groups is 1. The van der Waals surface area contributed by atoms with E-state index >= 15 is 0 Å². The second kappa shape index (κ2) is 8.70. The third-order valence-corrected chi connectivity index (χ3v) is 3.97. The molecule has 1 amide bonds. The van der Waals surface area contributed by atoms with Crippen LogP contribution in [-0.4, -0.2) is 52.0 Å². The molecule has 9 heteroatoms. The fraction of sp³-hybridized carbons (Fsp3) is 0.333. The van der Waals surface area contributed by atoms with Crippen LogP contribution in [-0.2, 0) is 9.63 Å². The maximum absolute atomic E-state index is 12.7. The first kappa shape index (κ1) is 18.3. The van der Waals surface area contributed by atoms with E-state index in [1.165, 1.54) is 23.8 Å². The van der Waals surface area contributed by atoms with Crippen LogP contribution in [0.3, 0.4) is 0 Å². The number of carbonyl (C=O) groups is 1. The summed E-state index contributed by atoms with van der Waals surface area (Å²) in [5, 5.41) is 8.31. The molecule has 0 saturated carbocycles. The van der Waals surface area contributed by atoms with Gasteiger partial charge < -0.3 is 9.74 Å². The number of nitrogens with zero attached hydrogens (tertiary/aromatic N) is 5. The van der Waals surface area contributed by atoms with Crippen molar-refractivity contribution in [2.75, 3.05) is 30.6 Å². The molecular formula is C15H18ClN5O2S. The lowest BCUT2D eigenvalue weighted by molar-refractivity contribution is -0.112. The number of hydrogen-bond acceptors (Lipinski definition) is 6. The lowest BCUT2D eigenvalue weighted by Crippen LogP contribution is -2.37. The second-order valence-corrected chi connectivity index (χ2v) is 5.89. The van der Waals surface area contributed by atoms with Gasteiger partial charge in [0.2, 0.25) is 0 Å². The second-order valence-electron chi connectivity index (χ2n) is 4.66. The molecule has 0 aliphatic carbocycles. The molecule has 128 valence electrons. The molecule has 2 aromatic rings. The molecule has 2 heterocycles. The number of anilines is 1. The average Bonchev–Trinajstić information content (AvgIpc) is 2.98. The zero-order chi connectivity index (χ0) is 17.5. The van der Waals surface area contributed by atoms with Crippen molar-refractivity contribution in [1.82, 2.24) is 14.8 Å². The summed E-state index contributed by atoms with van der Waals surface area (Å²) in [6.07, 6.45) is 6.93. The van der Waals surface area contributed by atoms with Gasteiger partial charge in [-0.05, 0) is 25.3 Å². The zero-order valence-corrected chi connectivity index (χ0v) is 15.2. The predicted octanol–water partition coefficient (Wildman–Crippen LogP) is 2.64. The molecule has 0 spiro atoms. The molecule has 0 aliphatic rings. The summed E-state index contributed by atoms with van der Waals surface area (Å²) in [6.45, 7) is 2.29. The van der Waals surface area contributed by atoms with Gasteiger partial charge >= 0.3 is 0 Å². The first-order chi connectivity index (χ1) is 11.6. The highest BCUT2D eigenvalue weighted by Crippen LogP contribution is 2.26. The van der Waals surface area contributed by atoms with Gasteiger partial charge in [-0.1, -0.05) is 16.8 Å². The lowest BCUT2D eigenvalue weighted by Gasteiger charge is -2.19. The van der Waals surface area contributed by atoms with E-state index in [1.54, 1.807) is 29.3 Å². The Morgan fingerprint density at radius 1 is 1.54 bits per heavy atom. The Labute approximate surface area is 149 Å². The van der Waals surface area contributed by atoms with E-state index in [9.17, 15) is 4.79 Å². The summed E-state index contributed by atoms with van der Waals surface area (Å²) in [5.41, 5.74) is 1.58. The Kier molecular flexibility index (Phi) is 6.62. The van der Waals surface area contributed by atoms with Crippen LogP contribution in [0.4, 0.5) is 5.69 Å². The van der Waals surface area contributed by atoms with Crippen LogP contribution >= 0.6 is 23.4 Å². The van der Waals surface area contributed by atoms with Gasteiger partial charge in [0.05, 0.1) is 18.1 Å². The highest BCUT2D eigenvalue weighted by atomic mass is 35.5. The van der Waals surface area contributed by atoms with Crippen molar-refractivity contribution in [3.05, 3.63) is 35.9 Å². The minimum absolute atomic E-state index is 0.231. The molecule has 2 rings (SSSR count). The van der Waals surface area contributed by atoms with Crippen LogP contribution in [0.2, 0.25) is 5.15 Å². The number of pyridine rings is 1. The summed E-state index contributed by atoms with van der Waals surface area (Å²) in [5.74, 6) is 0.179. The maximum Gasteiger partial charge on any atom is 0.277 e. The third-order valence-electron chi connectivity index (χ3n) is 3.14. The molecule has 0 atom stereocenters. The van der Waals surface area contributed by atoms with Crippen molar-refractivity contribution in [2.24, 2.45) is 5.16 Å². The molecule has 0 N–H and O–H groups in total. The number of carbonyl (C=O) groups excluding carboxylic acids is 1. The number of amides is 1. The molecule has 24 heavy (non-hydrogen) atoms. The monoisotopic (exact) mass is 367 g/mol. The Balaban J connectivity index is 2.36. The Morgan fingerprint density at radius 2 is 2.33 bits per heavy atom. The van der Waals surface area contributed by atoms with Gasteiger partial charge in [-0.2, -0.15) is 16.9 Å². The topological polar surface area (TPSA) is 72.6 Å². The zero-order valence-electron chi connectivity index (χ0n) is 13.6. The van der Waals surface area contributed by atoms with Gasteiger partial charge in [-0.25, -0.2) is 4.68 Å². The van der Waals surface area contributed by atoms with E-state index in [2.05, 4.69) is 15.2 Å². The molecule has 7 nitrogen and oxygen atoms in total. The van der Waals surface area contributed by atoms with Crippen LogP contribution < -0.4 is 4.90 Å². The van der Waals surface area contributed by atoms with E-state index in [4.69, 9.17) is 16.4 Å². The van der Waals surface area contributed by atoms with Gasteiger partial charge in [0, 0.05) is 18.5 Å². The van der Waals surface area contributed by atoms with Gasteiger partial charge in [-0.3, -0.25) is 9.78 Å². The van der Waals surface area contributed by atoms with Gasteiger partial charge in [-0.15, -0.1) is 0 Å². The van der Waals surface area contributed by atoms with E-state index in [1.807, 2.05) is 19.2 Å². The van der Waals surface area contributed by atoms with Crippen molar-refractivity contribution in [1.29, 1.82) is 0 Å². The summed E-state index contributed by atoms with van der Waals surface area (Å²) in [6, 6.07) is 3.65. The third kappa shape index (κ3) is 4.07. The molecule has 0 unspecified atom stereocenters. The highest BCUT2D eigenvalue weighted by molar-refractivity contribution is 7.99. The number of hydrogen-bond donors (Lipinski definition) is 0. The van der Waals surface area contributed by atoms with Crippen molar-refractivity contribution in [2.45, 2.75) is 6.92 Å². The largest absolute Gasteiger partial charge is 0.399 e. The van der Waals surface area contributed by atoms with Crippen LogP contribution in [0.25, 0.3) is 5.69 Å². The smallest absolute Gasteiger partial charge is 0.277 e. The van der Waals surface area contributed by atoms with Crippen LogP contribution in [0, 0.1) is 0 Å². The molecule has 0 bridgehead atoms. The Morgan fingerprint density at radius 3 is 2.92 bits per heavy atom. The lowest BCUT2D eigenvalue weighted by atomic mass is 10.3. The van der Waals surface area contributed by atoms with Gasteiger partial charge in [0.15, 0.2) is 10.9 Å². The molecule has 0 saturated heterocycles. The Bertz CT molecular complexity index is 720. The number of rotatable bonds is 7. The van der Waals surface area contributed by atoms with Crippen LogP contribution in [0.5, 0.6) is 0 Å². The van der Waals surface area contributed by atoms with Crippen molar-refractivity contribution in [3.8, 4) is 5.69 Å². The Hall–Kier alpha value is -2.06. The summed E-state index contributed by atoms with van der Waals surface area (Å²) in [7, 11) is 1.41.